The fourth-order valence-electron chi connectivity index (χ4n) is 1.47. The summed E-state index contributed by atoms with van der Waals surface area (Å²) in [6.45, 7) is 8.14. The van der Waals surface area contributed by atoms with Crippen LogP contribution < -0.4 is 11.3 Å². The van der Waals surface area contributed by atoms with Crippen molar-refractivity contribution in [3.8, 4) is 0 Å². The average molecular weight is 224 g/mol. The molecule has 0 aliphatic carbocycles. The highest BCUT2D eigenvalue weighted by atomic mass is 32.1. The molecule has 3 heteroatoms. The minimum Gasteiger partial charge on any atom is -0.271 e. The van der Waals surface area contributed by atoms with E-state index in [0.717, 1.165) is 19.3 Å². The van der Waals surface area contributed by atoms with E-state index in [1.165, 1.54) is 15.3 Å². The minimum absolute atomic E-state index is 0.270. The fourth-order valence-corrected chi connectivity index (χ4v) is 2.52. The molecule has 0 saturated carbocycles. The maximum Gasteiger partial charge on any atom is 0.0556 e. The molecule has 1 rings (SSSR count). The topological polar surface area (TPSA) is 38.0 Å². The Morgan fingerprint density at radius 3 is 2.80 bits per heavy atom. The number of hydrogen-bond donors (Lipinski definition) is 2. The van der Waals surface area contributed by atoms with Gasteiger partial charge in [0.1, 0.15) is 0 Å². The van der Waals surface area contributed by atoms with Gasteiger partial charge in [-0.3, -0.25) is 11.3 Å². The fraction of sp³-hybridized carbons (Fsp3) is 0.500. The summed E-state index contributed by atoms with van der Waals surface area (Å²) in [5, 5.41) is 0. The predicted octanol–water partition coefficient (Wildman–Crippen LogP) is 3.17. The standard InChI is InChI=1S/C12H20N2S/c1-4-10-6-8-12(15-10)11(14-13)7-5-9(2)3/h6,8,11,14H,2,4-5,7,13H2,1,3H3. The lowest BCUT2D eigenvalue weighted by Gasteiger charge is -2.13. The molecule has 1 heterocycles. The summed E-state index contributed by atoms with van der Waals surface area (Å²) in [7, 11) is 0. The van der Waals surface area contributed by atoms with E-state index in [2.05, 4.69) is 38.0 Å². The number of allylic oxidation sites excluding steroid dienone is 1. The van der Waals surface area contributed by atoms with Crippen LogP contribution in [0.1, 0.15) is 42.5 Å². The molecule has 84 valence electrons. The Labute approximate surface area is 96.2 Å². The highest BCUT2D eigenvalue weighted by molar-refractivity contribution is 7.12. The first-order valence-corrected chi connectivity index (χ1v) is 6.18. The largest absolute Gasteiger partial charge is 0.271 e. The number of aryl methyl sites for hydroxylation is 1. The van der Waals surface area contributed by atoms with E-state index >= 15 is 0 Å². The van der Waals surface area contributed by atoms with Crippen molar-refractivity contribution < 1.29 is 0 Å². The Bertz CT molecular complexity index is 317. The van der Waals surface area contributed by atoms with Crippen LogP contribution in [0.4, 0.5) is 0 Å². The van der Waals surface area contributed by atoms with Crippen molar-refractivity contribution in [2.45, 2.75) is 39.2 Å². The van der Waals surface area contributed by atoms with Gasteiger partial charge in [0, 0.05) is 9.75 Å². The Kier molecular flexibility index (Phi) is 5.02. The van der Waals surface area contributed by atoms with E-state index in [-0.39, 0.29) is 6.04 Å². The van der Waals surface area contributed by atoms with Crippen molar-refractivity contribution in [2.24, 2.45) is 5.84 Å². The number of nitrogens with one attached hydrogen (secondary N) is 1. The van der Waals surface area contributed by atoms with E-state index in [4.69, 9.17) is 5.84 Å². The van der Waals surface area contributed by atoms with Crippen LogP contribution in [0, 0.1) is 0 Å². The summed E-state index contributed by atoms with van der Waals surface area (Å²) in [5.41, 5.74) is 4.09. The van der Waals surface area contributed by atoms with E-state index in [0.29, 0.717) is 0 Å². The number of thiophene rings is 1. The first kappa shape index (κ1) is 12.4. The maximum atomic E-state index is 5.57. The Morgan fingerprint density at radius 2 is 2.33 bits per heavy atom. The molecular weight excluding hydrogens is 204 g/mol. The molecule has 0 spiro atoms. The summed E-state index contributed by atoms with van der Waals surface area (Å²) in [4.78, 5) is 2.75. The molecule has 0 saturated heterocycles. The van der Waals surface area contributed by atoms with Gasteiger partial charge in [-0.1, -0.05) is 12.5 Å². The normalized spacial score (nSPS) is 12.7. The zero-order valence-corrected chi connectivity index (χ0v) is 10.4. The van der Waals surface area contributed by atoms with Crippen LogP contribution in [0.15, 0.2) is 24.3 Å². The molecule has 0 aromatic carbocycles. The minimum atomic E-state index is 0.270. The van der Waals surface area contributed by atoms with Gasteiger partial charge < -0.3 is 0 Å². The molecule has 0 fully saturated rings. The Balaban J connectivity index is 2.61. The second-order valence-corrected chi connectivity index (χ2v) is 5.07. The molecule has 0 amide bonds. The highest BCUT2D eigenvalue weighted by Gasteiger charge is 2.11. The van der Waals surface area contributed by atoms with Gasteiger partial charge in [0.25, 0.3) is 0 Å². The van der Waals surface area contributed by atoms with Crippen LogP contribution >= 0.6 is 11.3 Å². The Hall–Kier alpha value is -0.640. The molecule has 1 atom stereocenters. The molecule has 1 unspecified atom stereocenters. The van der Waals surface area contributed by atoms with Crippen LogP contribution in [0.2, 0.25) is 0 Å². The number of hydrogen-bond acceptors (Lipinski definition) is 3. The molecule has 0 aliphatic rings. The maximum absolute atomic E-state index is 5.57. The summed E-state index contributed by atoms with van der Waals surface area (Å²) in [6, 6.07) is 4.63. The summed E-state index contributed by atoms with van der Waals surface area (Å²) in [5.74, 6) is 5.57. The number of nitrogens with two attached hydrogens (primary N) is 1. The molecule has 15 heavy (non-hydrogen) atoms. The second kappa shape index (κ2) is 6.05. The molecular formula is C12H20N2S. The zero-order chi connectivity index (χ0) is 11.3. The van der Waals surface area contributed by atoms with Crippen LogP contribution in [0.3, 0.4) is 0 Å². The van der Waals surface area contributed by atoms with Crippen LogP contribution in [-0.4, -0.2) is 0 Å². The second-order valence-electron chi connectivity index (χ2n) is 3.87. The third-order valence-electron chi connectivity index (χ3n) is 2.44. The molecule has 2 nitrogen and oxygen atoms in total. The molecule has 0 radical (unpaired) electrons. The quantitative estimate of drug-likeness (QED) is 0.442. The number of hydrazine groups is 1. The summed E-state index contributed by atoms with van der Waals surface area (Å²) < 4.78 is 0. The van der Waals surface area contributed by atoms with Gasteiger partial charge in [0.2, 0.25) is 0 Å². The van der Waals surface area contributed by atoms with Gasteiger partial charge in [0.05, 0.1) is 6.04 Å². The molecule has 1 aromatic heterocycles. The SMILES string of the molecule is C=C(C)CCC(NN)c1ccc(CC)s1. The monoisotopic (exact) mass is 224 g/mol. The van der Waals surface area contributed by atoms with Crippen molar-refractivity contribution in [3.63, 3.8) is 0 Å². The predicted molar refractivity (Wildman–Crippen MR) is 67.8 cm³/mol. The van der Waals surface area contributed by atoms with E-state index < -0.39 is 0 Å². The van der Waals surface area contributed by atoms with Crippen molar-refractivity contribution in [3.05, 3.63) is 34.0 Å². The average Bonchev–Trinajstić information content (AvgIpc) is 2.67. The molecule has 3 N–H and O–H groups in total. The Morgan fingerprint density at radius 1 is 1.60 bits per heavy atom. The third-order valence-corrected chi connectivity index (χ3v) is 3.78. The summed E-state index contributed by atoms with van der Waals surface area (Å²) >= 11 is 1.85. The summed E-state index contributed by atoms with van der Waals surface area (Å²) in [6.07, 6.45) is 3.15. The van der Waals surface area contributed by atoms with E-state index in [9.17, 15) is 0 Å². The zero-order valence-electron chi connectivity index (χ0n) is 9.55. The van der Waals surface area contributed by atoms with E-state index in [1.54, 1.807) is 0 Å². The van der Waals surface area contributed by atoms with Crippen LogP contribution in [-0.2, 0) is 6.42 Å². The van der Waals surface area contributed by atoms with Gasteiger partial charge in [0.15, 0.2) is 0 Å². The van der Waals surface area contributed by atoms with Gasteiger partial charge >= 0.3 is 0 Å². The first-order valence-electron chi connectivity index (χ1n) is 5.36. The number of rotatable bonds is 6. The lowest BCUT2D eigenvalue weighted by atomic mass is 10.1. The molecule has 0 bridgehead atoms. The lowest BCUT2D eigenvalue weighted by Crippen LogP contribution is -2.27. The van der Waals surface area contributed by atoms with Crippen molar-refractivity contribution in [2.75, 3.05) is 0 Å². The first-order chi connectivity index (χ1) is 7.17. The lowest BCUT2D eigenvalue weighted by molar-refractivity contribution is 0.523. The highest BCUT2D eigenvalue weighted by Crippen LogP contribution is 2.27. The van der Waals surface area contributed by atoms with Gasteiger partial charge in [-0.25, -0.2) is 0 Å². The van der Waals surface area contributed by atoms with E-state index in [1.807, 2.05) is 11.3 Å². The van der Waals surface area contributed by atoms with Gasteiger partial charge in [-0.05, 0) is 38.3 Å². The smallest absolute Gasteiger partial charge is 0.0556 e. The molecule has 0 aliphatic heterocycles. The van der Waals surface area contributed by atoms with Gasteiger partial charge in [-0.2, -0.15) is 0 Å². The van der Waals surface area contributed by atoms with Gasteiger partial charge in [-0.15, -0.1) is 17.9 Å². The van der Waals surface area contributed by atoms with Crippen molar-refractivity contribution in [1.29, 1.82) is 0 Å². The van der Waals surface area contributed by atoms with Crippen LogP contribution in [0.25, 0.3) is 0 Å². The third kappa shape index (κ3) is 3.78. The van der Waals surface area contributed by atoms with Crippen molar-refractivity contribution >= 4 is 11.3 Å². The van der Waals surface area contributed by atoms with Crippen molar-refractivity contribution in [1.82, 2.24) is 5.43 Å². The van der Waals surface area contributed by atoms with Crippen LogP contribution in [0.5, 0.6) is 0 Å². The molecule has 1 aromatic rings.